The van der Waals surface area contributed by atoms with Gasteiger partial charge in [0.2, 0.25) is 10.0 Å². The second kappa shape index (κ2) is 9.47. The lowest BCUT2D eigenvalue weighted by atomic mass is 10.2. The maximum Gasteiger partial charge on any atom is 0.240 e. The van der Waals surface area contributed by atoms with E-state index < -0.39 is 10.0 Å². The van der Waals surface area contributed by atoms with Crippen molar-refractivity contribution in [2.45, 2.75) is 17.7 Å². The van der Waals surface area contributed by atoms with Crippen molar-refractivity contribution in [2.24, 2.45) is 0 Å². The molecule has 0 bridgehead atoms. The molecule has 0 aliphatic carbocycles. The molecule has 1 N–H and O–H groups in total. The fourth-order valence-corrected chi connectivity index (χ4v) is 4.89. The van der Waals surface area contributed by atoms with Gasteiger partial charge < -0.3 is 9.42 Å². The highest BCUT2D eigenvalue weighted by Gasteiger charge is 2.21. The van der Waals surface area contributed by atoms with Crippen LogP contribution in [0.3, 0.4) is 0 Å². The molecule has 162 valence electrons. The molecule has 1 aliphatic rings. The lowest BCUT2D eigenvalue weighted by molar-refractivity contribution is 0.252. The maximum atomic E-state index is 12.4. The zero-order valence-electron chi connectivity index (χ0n) is 17.2. The van der Waals surface area contributed by atoms with Crippen LogP contribution in [0.5, 0.6) is 0 Å². The molecule has 9 heteroatoms. The number of piperazine rings is 1. The minimum absolute atomic E-state index is 0.128. The molecule has 1 aliphatic heterocycles. The van der Waals surface area contributed by atoms with Gasteiger partial charge in [0.25, 0.3) is 0 Å². The number of nitrogens with zero attached hydrogens (tertiary/aromatic N) is 4. The normalized spacial score (nSPS) is 15.3. The zero-order chi connectivity index (χ0) is 21.7. The summed E-state index contributed by atoms with van der Waals surface area (Å²) in [6.45, 7) is 4.96. The van der Waals surface area contributed by atoms with Crippen molar-refractivity contribution in [3.8, 4) is 6.07 Å². The van der Waals surface area contributed by atoms with Gasteiger partial charge in [-0.15, -0.1) is 0 Å². The Bertz CT molecular complexity index is 1180. The third-order valence-corrected chi connectivity index (χ3v) is 6.96. The van der Waals surface area contributed by atoms with E-state index in [1.165, 1.54) is 12.1 Å². The number of benzene rings is 2. The van der Waals surface area contributed by atoms with Crippen LogP contribution in [0, 0.1) is 11.3 Å². The van der Waals surface area contributed by atoms with Crippen LogP contribution in [0.4, 0.5) is 5.82 Å². The van der Waals surface area contributed by atoms with E-state index in [1.54, 1.807) is 12.1 Å². The molecule has 2 aromatic carbocycles. The molecule has 1 fully saturated rings. The number of para-hydroxylation sites is 1. The lowest BCUT2D eigenvalue weighted by Gasteiger charge is -2.34. The molecule has 8 nitrogen and oxygen atoms in total. The van der Waals surface area contributed by atoms with Crippen molar-refractivity contribution < 1.29 is 12.9 Å². The maximum absolute atomic E-state index is 12.4. The van der Waals surface area contributed by atoms with Crippen molar-refractivity contribution in [1.29, 1.82) is 5.26 Å². The second-order valence-electron chi connectivity index (χ2n) is 7.58. The fourth-order valence-electron chi connectivity index (χ4n) is 3.77. The first kappa shape index (κ1) is 21.3. The zero-order valence-corrected chi connectivity index (χ0v) is 18.0. The molecule has 2 heterocycles. The number of aromatic nitrogens is 1. The number of nitriles is 1. The predicted molar refractivity (Wildman–Crippen MR) is 118 cm³/mol. The molecule has 31 heavy (non-hydrogen) atoms. The van der Waals surface area contributed by atoms with E-state index >= 15 is 0 Å². The van der Waals surface area contributed by atoms with E-state index in [-0.39, 0.29) is 4.90 Å². The van der Waals surface area contributed by atoms with Crippen molar-refractivity contribution in [1.82, 2.24) is 14.8 Å². The van der Waals surface area contributed by atoms with Crippen molar-refractivity contribution in [3.05, 3.63) is 54.1 Å². The first-order valence-corrected chi connectivity index (χ1v) is 11.9. The third-order valence-electron chi connectivity index (χ3n) is 5.50. The summed E-state index contributed by atoms with van der Waals surface area (Å²) in [5.41, 5.74) is 1.14. The molecule has 0 saturated carbocycles. The number of hydrogen-bond donors (Lipinski definition) is 1. The molecular formula is C22H25N5O3S. The van der Waals surface area contributed by atoms with E-state index in [0.717, 1.165) is 62.4 Å². The summed E-state index contributed by atoms with van der Waals surface area (Å²) in [7, 11) is -3.59. The van der Waals surface area contributed by atoms with E-state index in [0.29, 0.717) is 12.1 Å². The van der Waals surface area contributed by atoms with Gasteiger partial charge in [-0.3, -0.25) is 4.90 Å². The third kappa shape index (κ3) is 5.05. The Kier molecular flexibility index (Phi) is 6.51. The van der Waals surface area contributed by atoms with Gasteiger partial charge in [0, 0.05) is 32.7 Å². The van der Waals surface area contributed by atoms with Crippen LogP contribution in [-0.2, 0) is 10.0 Å². The lowest BCUT2D eigenvalue weighted by Crippen LogP contribution is -2.46. The highest BCUT2D eigenvalue weighted by atomic mass is 32.2. The summed E-state index contributed by atoms with van der Waals surface area (Å²) in [6.07, 6.45) is 1.67. The van der Waals surface area contributed by atoms with Crippen molar-refractivity contribution in [2.75, 3.05) is 44.2 Å². The Morgan fingerprint density at radius 1 is 1.06 bits per heavy atom. The summed E-state index contributed by atoms with van der Waals surface area (Å²) >= 11 is 0. The molecule has 0 atom stereocenters. The highest BCUT2D eigenvalue weighted by Crippen LogP contribution is 2.26. The summed E-state index contributed by atoms with van der Waals surface area (Å²) in [6, 6.07) is 15.9. The van der Waals surface area contributed by atoms with Crippen molar-refractivity contribution >= 4 is 26.8 Å². The second-order valence-corrected chi connectivity index (χ2v) is 9.34. The van der Waals surface area contributed by atoms with E-state index in [2.05, 4.69) is 19.7 Å². The first-order chi connectivity index (χ1) is 15.1. The van der Waals surface area contributed by atoms with Gasteiger partial charge in [-0.25, -0.2) is 13.1 Å². The van der Waals surface area contributed by atoms with Crippen LogP contribution >= 0.6 is 0 Å². The molecule has 3 aromatic rings. The van der Waals surface area contributed by atoms with Crippen LogP contribution in [0.2, 0.25) is 0 Å². The largest absolute Gasteiger partial charge is 0.354 e. The minimum Gasteiger partial charge on any atom is -0.354 e. The van der Waals surface area contributed by atoms with Gasteiger partial charge in [-0.1, -0.05) is 23.4 Å². The molecule has 0 radical (unpaired) electrons. The van der Waals surface area contributed by atoms with E-state index in [9.17, 15) is 8.42 Å². The standard InChI is InChI=1S/C22H25N5O3S/c23-17-18-6-5-7-19(16-18)31(28,29)24-10-3-4-11-26-12-14-27(15-13-26)22-20-8-1-2-9-21(20)30-25-22/h1-2,5-9,16,24H,3-4,10-15H2. The van der Waals surface area contributed by atoms with E-state index in [1.807, 2.05) is 30.3 Å². The Morgan fingerprint density at radius 3 is 2.68 bits per heavy atom. The van der Waals surface area contributed by atoms with Gasteiger partial charge >= 0.3 is 0 Å². The minimum atomic E-state index is -3.59. The molecular weight excluding hydrogens is 414 g/mol. The number of fused-ring (bicyclic) bond motifs is 1. The Morgan fingerprint density at radius 2 is 1.87 bits per heavy atom. The molecule has 1 aromatic heterocycles. The number of unbranched alkanes of at least 4 members (excludes halogenated alkanes) is 1. The number of anilines is 1. The average molecular weight is 440 g/mol. The van der Waals surface area contributed by atoms with Crippen LogP contribution in [0.25, 0.3) is 11.0 Å². The summed E-state index contributed by atoms with van der Waals surface area (Å²) < 4.78 is 32.8. The number of rotatable bonds is 8. The molecule has 0 amide bonds. The summed E-state index contributed by atoms with van der Waals surface area (Å²) in [5.74, 6) is 0.908. The number of hydrogen-bond acceptors (Lipinski definition) is 7. The van der Waals surface area contributed by atoms with Gasteiger partial charge in [0.05, 0.1) is 21.9 Å². The van der Waals surface area contributed by atoms with Gasteiger partial charge in [0.1, 0.15) is 0 Å². The molecule has 1 saturated heterocycles. The quantitative estimate of drug-likeness (QED) is 0.538. The predicted octanol–water partition coefficient (Wildman–Crippen LogP) is 2.58. The monoisotopic (exact) mass is 439 g/mol. The Balaban J connectivity index is 1.19. The Labute approximate surface area is 182 Å². The van der Waals surface area contributed by atoms with Gasteiger partial charge in [-0.05, 0) is 49.7 Å². The topological polar surface area (TPSA) is 102 Å². The van der Waals surface area contributed by atoms with Crippen molar-refractivity contribution in [3.63, 3.8) is 0 Å². The summed E-state index contributed by atoms with van der Waals surface area (Å²) in [4.78, 5) is 4.78. The number of nitrogens with one attached hydrogen (secondary N) is 1. The molecule has 4 rings (SSSR count). The smallest absolute Gasteiger partial charge is 0.240 e. The van der Waals surface area contributed by atoms with E-state index in [4.69, 9.17) is 9.78 Å². The highest BCUT2D eigenvalue weighted by molar-refractivity contribution is 7.89. The van der Waals surface area contributed by atoms with Crippen LogP contribution in [-0.4, -0.2) is 57.7 Å². The number of sulfonamides is 1. The van der Waals surface area contributed by atoms with Gasteiger partial charge in [0.15, 0.2) is 11.4 Å². The van der Waals surface area contributed by atoms with Crippen LogP contribution in [0.15, 0.2) is 57.9 Å². The van der Waals surface area contributed by atoms with Crippen LogP contribution in [0.1, 0.15) is 18.4 Å². The Hall–Kier alpha value is -2.93. The molecule has 0 spiro atoms. The SMILES string of the molecule is N#Cc1cccc(S(=O)(=O)NCCCCN2CCN(c3noc4ccccc34)CC2)c1. The first-order valence-electron chi connectivity index (χ1n) is 10.4. The molecule has 0 unspecified atom stereocenters. The summed E-state index contributed by atoms with van der Waals surface area (Å²) in [5, 5.41) is 14.2. The van der Waals surface area contributed by atoms with Crippen LogP contribution < -0.4 is 9.62 Å². The fraction of sp³-hybridized carbons (Fsp3) is 0.364. The van der Waals surface area contributed by atoms with Gasteiger partial charge in [-0.2, -0.15) is 5.26 Å². The average Bonchev–Trinajstić information content (AvgIpc) is 3.23.